The number of hydrogen-bond acceptors (Lipinski definition) is 5. The van der Waals surface area contributed by atoms with Crippen molar-refractivity contribution in [3.05, 3.63) is 17.9 Å². The number of ketones is 1. The molecule has 0 N–H and O–H groups in total. The highest BCUT2D eigenvalue weighted by Crippen LogP contribution is 2.16. The van der Waals surface area contributed by atoms with Crippen molar-refractivity contribution in [3.8, 4) is 0 Å². The Hall–Kier alpha value is -1.14. The maximum absolute atomic E-state index is 11.5. The second-order valence-corrected chi connectivity index (χ2v) is 5.24. The number of carbonyl (C=O) groups excluding carboxylic acids is 1. The normalized spacial score (nSPS) is 12.0. The summed E-state index contributed by atoms with van der Waals surface area (Å²) >= 11 is 0. The monoisotopic (exact) mass is 245 g/mol. The van der Waals surface area contributed by atoms with Crippen molar-refractivity contribution >= 4 is 15.9 Å². The molecule has 0 fully saturated rings. The predicted octanol–water partition coefficient (Wildman–Crippen LogP) is 1.80. The van der Waals surface area contributed by atoms with Gasteiger partial charge in [-0.15, -0.1) is 0 Å². The van der Waals surface area contributed by atoms with E-state index in [1.165, 1.54) is 6.07 Å². The van der Waals surface area contributed by atoms with Gasteiger partial charge in [0.15, 0.2) is 21.7 Å². The van der Waals surface area contributed by atoms with Crippen molar-refractivity contribution < 1.29 is 22.2 Å². The van der Waals surface area contributed by atoms with E-state index in [2.05, 4.69) is 0 Å². The van der Waals surface area contributed by atoms with Crippen LogP contribution in [0.5, 0.6) is 0 Å². The van der Waals surface area contributed by atoms with E-state index in [0.717, 1.165) is 6.07 Å². The zero-order valence-corrected chi connectivity index (χ0v) is 9.91. The second kappa shape index (κ2) is 4.80. The van der Waals surface area contributed by atoms with Gasteiger partial charge in [0, 0.05) is 6.42 Å². The van der Waals surface area contributed by atoms with E-state index in [4.69, 9.17) is 4.42 Å². The lowest BCUT2D eigenvalue weighted by atomic mass is 10.1. The molecule has 0 aromatic carbocycles. The van der Waals surface area contributed by atoms with Crippen LogP contribution >= 0.6 is 0 Å². The summed E-state index contributed by atoms with van der Waals surface area (Å²) in [5.41, 5.74) is 0. The molecule has 5 nitrogen and oxygen atoms in total. The zero-order chi connectivity index (χ0) is 12.3. The zero-order valence-electron chi connectivity index (χ0n) is 9.10. The van der Waals surface area contributed by atoms with E-state index in [-0.39, 0.29) is 18.0 Å². The van der Waals surface area contributed by atoms with Crippen LogP contribution in [0.25, 0.3) is 0 Å². The van der Waals surface area contributed by atoms with Crippen molar-refractivity contribution in [1.82, 2.24) is 0 Å². The fraction of sp³-hybridized carbons (Fsp3) is 0.500. The number of hydrogen-bond donors (Lipinski definition) is 0. The lowest BCUT2D eigenvalue weighted by Crippen LogP contribution is -2.00. The first-order valence-corrected chi connectivity index (χ1v) is 6.30. The topological polar surface area (TPSA) is 87.4 Å². The van der Waals surface area contributed by atoms with Gasteiger partial charge in [0.1, 0.15) is 0 Å². The van der Waals surface area contributed by atoms with Gasteiger partial charge in [0.2, 0.25) is 5.09 Å². The molecule has 0 bridgehead atoms. The summed E-state index contributed by atoms with van der Waals surface area (Å²) in [6, 6.07) is 2.22. The molecule has 6 heteroatoms. The van der Waals surface area contributed by atoms with Gasteiger partial charge in [-0.3, -0.25) is 4.79 Å². The third-order valence-corrected chi connectivity index (χ3v) is 2.76. The van der Waals surface area contributed by atoms with E-state index in [9.17, 15) is 17.8 Å². The van der Waals surface area contributed by atoms with Gasteiger partial charge in [0.05, 0.1) is 0 Å². The van der Waals surface area contributed by atoms with Crippen LogP contribution in [0, 0.1) is 5.92 Å². The van der Waals surface area contributed by atoms with Crippen molar-refractivity contribution in [2.24, 2.45) is 5.92 Å². The molecule has 0 spiro atoms. The minimum atomic E-state index is -4.62. The van der Waals surface area contributed by atoms with Crippen molar-refractivity contribution in [1.29, 1.82) is 0 Å². The lowest BCUT2D eigenvalue weighted by Gasteiger charge is -2.03. The number of rotatable bonds is 5. The summed E-state index contributed by atoms with van der Waals surface area (Å²) in [7, 11) is -4.62. The smallest absolute Gasteiger partial charge is 0.206 e. The molecule has 0 aliphatic rings. The van der Waals surface area contributed by atoms with Crippen molar-refractivity contribution in [2.45, 2.75) is 31.8 Å². The van der Waals surface area contributed by atoms with Crippen LogP contribution in [0.2, 0.25) is 0 Å². The standard InChI is InChI=1S/C10H14O5S/c1-7(2)3-4-8(11)9-5-6-10(15-9)16(12,13)14/h5-7H,3-4H2,1-2H3,(H,12,13,14)/p-1. The minimum absolute atomic E-state index is 0.0740. The summed E-state index contributed by atoms with van der Waals surface area (Å²) in [5.74, 6) is 0.0142. The van der Waals surface area contributed by atoms with E-state index < -0.39 is 15.2 Å². The lowest BCUT2D eigenvalue weighted by molar-refractivity contribution is 0.0943. The predicted molar refractivity (Wildman–Crippen MR) is 55.1 cm³/mol. The Labute approximate surface area is 94.2 Å². The maximum atomic E-state index is 11.5. The Morgan fingerprint density at radius 2 is 2.06 bits per heavy atom. The van der Waals surface area contributed by atoms with Gasteiger partial charge in [-0.1, -0.05) is 13.8 Å². The Morgan fingerprint density at radius 1 is 1.44 bits per heavy atom. The average Bonchev–Trinajstić information content (AvgIpc) is 2.61. The quantitative estimate of drug-likeness (QED) is 0.583. The van der Waals surface area contributed by atoms with Crippen LogP contribution in [0.3, 0.4) is 0 Å². The summed E-state index contributed by atoms with van der Waals surface area (Å²) in [5, 5.41) is -0.708. The van der Waals surface area contributed by atoms with Crippen molar-refractivity contribution in [3.63, 3.8) is 0 Å². The van der Waals surface area contributed by atoms with E-state index in [0.29, 0.717) is 12.3 Å². The highest BCUT2D eigenvalue weighted by Gasteiger charge is 2.14. The molecule has 1 aromatic heterocycles. The van der Waals surface area contributed by atoms with Crippen LogP contribution < -0.4 is 0 Å². The van der Waals surface area contributed by atoms with E-state index in [1.807, 2.05) is 13.8 Å². The summed E-state index contributed by atoms with van der Waals surface area (Å²) in [6.07, 6.45) is 0.975. The highest BCUT2D eigenvalue weighted by atomic mass is 32.2. The molecule has 1 heterocycles. The Bertz CT molecular complexity index is 469. The molecular formula is C10H13O5S-. The minimum Gasteiger partial charge on any atom is -0.742 e. The first-order chi connectivity index (χ1) is 7.30. The van der Waals surface area contributed by atoms with Crippen LogP contribution in [0.15, 0.2) is 21.6 Å². The Kier molecular flexibility index (Phi) is 3.88. The highest BCUT2D eigenvalue weighted by molar-refractivity contribution is 7.85. The molecule has 1 rings (SSSR count). The molecule has 0 radical (unpaired) electrons. The van der Waals surface area contributed by atoms with Gasteiger partial charge >= 0.3 is 0 Å². The second-order valence-electron chi connectivity index (χ2n) is 3.93. The third-order valence-electron chi connectivity index (χ3n) is 2.05. The maximum Gasteiger partial charge on any atom is 0.206 e. The molecular weight excluding hydrogens is 232 g/mol. The molecule has 90 valence electrons. The third kappa shape index (κ3) is 3.46. The van der Waals surface area contributed by atoms with Gasteiger partial charge < -0.3 is 8.97 Å². The fourth-order valence-corrected chi connectivity index (χ4v) is 1.57. The van der Waals surface area contributed by atoms with Crippen LogP contribution in [-0.2, 0) is 10.1 Å². The molecule has 0 aliphatic carbocycles. The molecule has 0 saturated carbocycles. The van der Waals surface area contributed by atoms with Gasteiger partial charge in [-0.25, -0.2) is 8.42 Å². The van der Waals surface area contributed by atoms with Gasteiger partial charge in [-0.05, 0) is 24.5 Å². The molecule has 0 aliphatic heterocycles. The molecule has 16 heavy (non-hydrogen) atoms. The first-order valence-electron chi connectivity index (χ1n) is 4.89. The summed E-state index contributed by atoms with van der Waals surface area (Å²) in [4.78, 5) is 11.5. The van der Waals surface area contributed by atoms with Gasteiger partial charge in [-0.2, -0.15) is 0 Å². The van der Waals surface area contributed by atoms with Crippen LogP contribution in [0.4, 0.5) is 0 Å². The van der Waals surface area contributed by atoms with Crippen LogP contribution in [-0.4, -0.2) is 18.8 Å². The summed E-state index contributed by atoms with van der Waals surface area (Å²) < 4.78 is 36.4. The number of Topliss-reactive ketones (excluding diaryl/α,β-unsaturated/α-hetero) is 1. The first kappa shape index (κ1) is 12.9. The molecule has 0 saturated heterocycles. The van der Waals surface area contributed by atoms with E-state index in [1.54, 1.807) is 0 Å². The number of furan rings is 1. The fourth-order valence-electron chi connectivity index (χ4n) is 1.15. The molecule has 1 aromatic rings. The van der Waals surface area contributed by atoms with Gasteiger partial charge in [0.25, 0.3) is 0 Å². The summed E-state index contributed by atoms with van der Waals surface area (Å²) in [6.45, 7) is 3.95. The SMILES string of the molecule is CC(C)CCC(=O)c1ccc(S(=O)(=O)[O-])o1. The Morgan fingerprint density at radius 3 is 2.50 bits per heavy atom. The molecule has 0 atom stereocenters. The van der Waals surface area contributed by atoms with Crippen LogP contribution in [0.1, 0.15) is 37.2 Å². The van der Waals surface area contributed by atoms with E-state index >= 15 is 0 Å². The van der Waals surface area contributed by atoms with Crippen molar-refractivity contribution in [2.75, 3.05) is 0 Å². The molecule has 0 amide bonds. The largest absolute Gasteiger partial charge is 0.742 e. The number of carbonyl (C=O) groups is 1. The average molecular weight is 245 g/mol. The molecule has 0 unspecified atom stereocenters. The Balaban J connectivity index is 2.75.